The second kappa shape index (κ2) is 17.4. The van der Waals surface area contributed by atoms with Gasteiger partial charge < -0.3 is 31.2 Å². The highest BCUT2D eigenvalue weighted by Crippen LogP contribution is 2.30. The van der Waals surface area contributed by atoms with E-state index >= 15 is 4.39 Å². The van der Waals surface area contributed by atoms with Crippen molar-refractivity contribution in [3.63, 3.8) is 0 Å². The molecule has 8 nitrogen and oxygen atoms in total. The lowest BCUT2D eigenvalue weighted by Gasteiger charge is -2.35. The highest BCUT2D eigenvalue weighted by atomic mass is 19.1. The van der Waals surface area contributed by atoms with Crippen LogP contribution in [0.4, 0.5) is 28.0 Å². The Hall–Kier alpha value is -4.78. The van der Waals surface area contributed by atoms with Crippen LogP contribution in [0.3, 0.4) is 0 Å². The van der Waals surface area contributed by atoms with E-state index in [0.29, 0.717) is 30.5 Å². The topological polar surface area (TPSA) is 115 Å². The third-order valence-corrected chi connectivity index (χ3v) is 9.16. The number of nitrogens with two attached hydrogens (primary N) is 1. The Morgan fingerprint density at radius 2 is 1.45 bits per heavy atom. The third-order valence-electron chi connectivity index (χ3n) is 9.16. The SMILES string of the molecule is CC[C@@H](NC(=O)OC[C@H]1NC[C@@H](CCc2c(F)cccc2NC(=O)C(N)C(c2ccc(F)cc2)c2ccc(F)cc2)O[C@H]1C)c1ccc(F)cc1. The summed E-state index contributed by atoms with van der Waals surface area (Å²) >= 11 is 0. The van der Waals surface area contributed by atoms with Gasteiger partial charge in [-0.2, -0.15) is 0 Å². The first-order valence-electron chi connectivity index (χ1n) is 16.9. The van der Waals surface area contributed by atoms with Gasteiger partial charge in [-0.05, 0) is 91.4 Å². The highest BCUT2D eigenvalue weighted by molar-refractivity contribution is 5.96. The number of carbonyl (C=O) groups is 2. The van der Waals surface area contributed by atoms with Crippen LogP contribution in [0.15, 0.2) is 91.0 Å². The Labute approximate surface area is 294 Å². The summed E-state index contributed by atoms with van der Waals surface area (Å²) in [4.78, 5) is 26.1. The molecule has 1 aliphatic rings. The molecular weight excluding hydrogens is 664 g/mol. The molecule has 4 aromatic rings. The first kappa shape index (κ1) is 37.5. The standard InChI is InChI=1S/C39H42F4N4O4/c1-3-33(24-7-13-27(40)14-8-24)47-39(49)50-22-35-23(2)51-30(21-45-35)19-20-31-32(43)5-4-6-34(31)46-38(48)37(44)36(25-9-15-28(41)16-10-25)26-11-17-29(42)18-12-26/h4-18,23,30,33,35-37,45H,3,19-22,44H2,1-2H3,(H,46,48)(H,47,49)/t23-,30+,33+,35+,37?/m0/s1. The molecule has 12 heteroatoms. The number of ether oxygens (including phenoxy) is 2. The molecule has 1 heterocycles. The predicted molar refractivity (Wildman–Crippen MR) is 186 cm³/mol. The molecule has 51 heavy (non-hydrogen) atoms. The Balaban J connectivity index is 1.16. The van der Waals surface area contributed by atoms with Crippen LogP contribution < -0.4 is 21.7 Å². The van der Waals surface area contributed by atoms with Gasteiger partial charge in [-0.15, -0.1) is 0 Å². The molecule has 4 aromatic carbocycles. The maximum atomic E-state index is 15.2. The number of rotatable bonds is 13. The lowest BCUT2D eigenvalue weighted by molar-refractivity contribution is -0.117. The van der Waals surface area contributed by atoms with E-state index in [0.717, 1.165) is 5.56 Å². The molecule has 2 amide bonds. The number of hydrogen-bond acceptors (Lipinski definition) is 6. The first-order chi connectivity index (χ1) is 24.5. The van der Waals surface area contributed by atoms with Crippen LogP contribution in [0.1, 0.15) is 60.9 Å². The molecule has 1 fully saturated rings. The van der Waals surface area contributed by atoms with Crippen LogP contribution in [0.5, 0.6) is 0 Å². The molecule has 0 spiro atoms. The first-order valence-corrected chi connectivity index (χ1v) is 16.9. The molecule has 0 aliphatic carbocycles. The zero-order chi connectivity index (χ0) is 36.5. The van der Waals surface area contributed by atoms with Crippen molar-refractivity contribution >= 4 is 17.7 Å². The molecule has 1 unspecified atom stereocenters. The van der Waals surface area contributed by atoms with Crippen molar-refractivity contribution in [1.29, 1.82) is 0 Å². The molecule has 1 saturated heterocycles. The second-order valence-electron chi connectivity index (χ2n) is 12.6. The summed E-state index contributed by atoms with van der Waals surface area (Å²) in [5.41, 5.74) is 8.91. The number of carbonyl (C=O) groups excluding carboxylic acids is 2. The number of nitrogens with one attached hydrogen (secondary N) is 3. The van der Waals surface area contributed by atoms with Crippen LogP contribution in [-0.4, -0.2) is 49.4 Å². The Morgan fingerprint density at radius 3 is 2.00 bits per heavy atom. The Kier molecular flexibility index (Phi) is 12.8. The van der Waals surface area contributed by atoms with E-state index in [1.54, 1.807) is 18.2 Å². The van der Waals surface area contributed by atoms with Crippen LogP contribution in [0.25, 0.3) is 0 Å². The lowest BCUT2D eigenvalue weighted by Crippen LogP contribution is -2.54. The number of anilines is 1. The van der Waals surface area contributed by atoms with Gasteiger partial charge >= 0.3 is 6.09 Å². The summed E-state index contributed by atoms with van der Waals surface area (Å²) in [6.45, 7) is 4.24. The van der Waals surface area contributed by atoms with Crippen molar-refractivity contribution in [2.75, 3.05) is 18.5 Å². The van der Waals surface area contributed by atoms with E-state index in [9.17, 15) is 22.8 Å². The molecule has 5 N–H and O–H groups in total. The van der Waals surface area contributed by atoms with E-state index in [1.807, 2.05) is 13.8 Å². The number of alkyl carbamates (subject to hydrolysis) is 1. The number of benzene rings is 4. The zero-order valence-electron chi connectivity index (χ0n) is 28.4. The fourth-order valence-electron chi connectivity index (χ4n) is 6.28. The molecule has 0 saturated carbocycles. The van der Waals surface area contributed by atoms with Gasteiger partial charge in [0.2, 0.25) is 5.91 Å². The highest BCUT2D eigenvalue weighted by Gasteiger charge is 2.31. The maximum absolute atomic E-state index is 15.2. The molecular formula is C39H42F4N4O4. The molecule has 0 bridgehead atoms. The average Bonchev–Trinajstić information content (AvgIpc) is 3.12. The second-order valence-corrected chi connectivity index (χ2v) is 12.6. The van der Waals surface area contributed by atoms with Gasteiger partial charge in [-0.3, -0.25) is 4.79 Å². The van der Waals surface area contributed by atoms with E-state index in [4.69, 9.17) is 15.2 Å². The van der Waals surface area contributed by atoms with Crippen molar-refractivity contribution in [1.82, 2.24) is 10.6 Å². The van der Waals surface area contributed by atoms with Crippen molar-refractivity contribution in [2.45, 2.75) is 69.4 Å². The summed E-state index contributed by atoms with van der Waals surface area (Å²) in [6.07, 6.45) is 0.0311. The van der Waals surface area contributed by atoms with Crippen molar-refractivity contribution in [3.05, 3.63) is 137 Å². The fourth-order valence-corrected chi connectivity index (χ4v) is 6.28. The lowest BCUT2D eigenvalue weighted by atomic mass is 9.85. The van der Waals surface area contributed by atoms with Gasteiger partial charge in [0.15, 0.2) is 0 Å². The van der Waals surface area contributed by atoms with Gasteiger partial charge in [-0.25, -0.2) is 22.4 Å². The van der Waals surface area contributed by atoms with E-state index in [-0.39, 0.29) is 54.4 Å². The normalized spacial score (nSPS) is 18.5. The van der Waals surface area contributed by atoms with Gasteiger partial charge in [0.25, 0.3) is 0 Å². The van der Waals surface area contributed by atoms with E-state index in [2.05, 4.69) is 16.0 Å². The molecule has 270 valence electrons. The third kappa shape index (κ3) is 9.93. The molecule has 1 aliphatic heterocycles. The largest absolute Gasteiger partial charge is 0.448 e. The summed E-state index contributed by atoms with van der Waals surface area (Å²) in [5, 5.41) is 8.93. The van der Waals surface area contributed by atoms with Crippen molar-refractivity contribution < 1.29 is 36.6 Å². The number of hydrogen-bond donors (Lipinski definition) is 4. The van der Waals surface area contributed by atoms with Gasteiger partial charge in [-0.1, -0.05) is 49.4 Å². The fraction of sp³-hybridized carbons (Fsp3) is 0.333. The summed E-state index contributed by atoms with van der Waals surface area (Å²) in [5.74, 6) is -3.11. The van der Waals surface area contributed by atoms with Gasteiger partial charge in [0.1, 0.15) is 29.9 Å². The monoisotopic (exact) mass is 706 g/mol. The molecule has 0 radical (unpaired) electrons. The number of halogens is 4. The minimum atomic E-state index is -1.18. The summed E-state index contributed by atoms with van der Waals surface area (Å²) in [6, 6.07) is 19.7. The van der Waals surface area contributed by atoms with Crippen molar-refractivity contribution in [3.8, 4) is 0 Å². The molecule has 5 rings (SSSR count). The Bertz CT molecular complexity index is 1710. The van der Waals surface area contributed by atoms with Crippen LogP contribution in [0, 0.1) is 23.3 Å². The minimum absolute atomic E-state index is 0.0557. The van der Waals surface area contributed by atoms with E-state index < -0.39 is 41.4 Å². The van der Waals surface area contributed by atoms with Gasteiger partial charge in [0, 0.05) is 23.7 Å². The maximum Gasteiger partial charge on any atom is 0.407 e. The average molecular weight is 707 g/mol. The smallest absolute Gasteiger partial charge is 0.407 e. The van der Waals surface area contributed by atoms with Crippen molar-refractivity contribution in [2.24, 2.45) is 5.73 Å². The van der Waals surface area contributed by atoms with Crippen LogP contribution in [0.2, 0.25) is 0 Å². The summed E-state index contributed by atoms with van der Waals surface area (Å²) in [7, 11) is 0. The predicted octanol–water partition coefficient (Wildman–Crippen LogP) is 6.90. The minimum Gasteiger partial charge on any atom is -0.448 e. The number of morpholine rings is 1. The molecule has 5 atom stereocenters. The molecule has 0 aromatic heterocycles. The van der Waals surface area contributed by atoms with Crippen LogP contribution >= 0.6 is 0 Å². The van der Waals surface area contributed by atoms with E-state index in [1.165, 1.54) is 72.8 Å². The van der Waals surface area contributed by atoms with Crippen LogP contribution in [-0.2, 0) is 20.7 Å². The van der Waals surface area contributed by atoms with Gasteiger partial charge in [0.05, 0.1) is 30.3 Å². The number of amides is 2. The quantitative estimate of drug-likeness (QED) is 0.113. The Morgan fingerprint density at radius 1 is 0.882 bits per heavy atom. The summed E-state index contributed by atoms with van der Waals surface area (Å²) < 4.78 is 67.6. The zero-order valence-corrected chi connectivity index (χ0v) is 28.4.